The first-order valence-electron chi connectivity index (χ1n) is 14.8. The lowest BCUT2D eigenvalue weighted by molar-refractivity contribution is -0.870. The smallest absolute Gasteiger partial charge is 0.329 e. The zero-order chi connectivity index (χ0) is 26.1. The van der Waals surface area contributed by atoms with E-state index in [4.69, 9.17) is 9.05 Å². The summed E-state index contributed by atoms with van der Waals surface area (Å²) >= 11 is 1.92. The summed E-state index contributed by atoms with van der Waals surface area (Å²) in [4.78, 5) is 9.68. The Bertz CT molecular complexity index is 488. The molecule has 0 aliphatic rings. The molecule has 212 valence electrons. The van der Waals surface area contributed by atoms with E-state index in [-0.39, 0.29) is 13.2 Å². The zero-order valence-electron chi connectivity index (χ0n) is 23.9. The molecule has 0 bridgehead atoms. The third-order valence-corrected chi connectivity index (χ3v) is 8.52. The number of quaternary nitrogens is 1. The van der Waals surface area contributed by atoms with Crippen molar-refractivity contribution in [1.82, 2.24) is 0 Å². The lowest BCUT2D eigenvalue weighted by Gasteiger charge is -2.24. The summed E-state index contributed by atoms with van der Waals surface area (Å²) in [5.74, 6) is 2.15. The highest BCUT2D eigenvalue weighted by Crippen LogP contribution is 2.43. The minimum Gasteiger partial charge on any atom is -0.329 e. The number of phosphoric ester groups is 1. The van der Waals surface area contributed by atoms with Crippen LogP contribution in [0.4, 0.5) is 0 Å². The number of unbranched alkanes of at least 4 members (excludes halogenated alkanes) is 17. The molecule has 0 spiro atoms. The van der Waals surface area contributed by atoms with Crippen LogP contribution in [0.5, 0.6) is 0 Å². The van der Waals surface area contributed by atoms with Crippen molar-refractivity contribution in [2.75, 3.05) is 52.4 Å². The Morgan fingerprint density at radius 2 is 0.971 bits per heavy atom. The van der Waals surface area contributed by atoms with Gasteiger partial charge in [0.2, 0.25) is 0 Å². The quantitative estimate of drug-likeness (QED) is 0.0612. The van der Waals surface area contributed by atoms with Crippen LogP contribution in [0.1, 0.15) is 129 Å². The van der Waals surface area contributed by atoms with Crippen molar-refractivity contribution in [3.63, 3.8) is 0 Å². The minimum atomic E-state index is -3.89. The Labute approximate surface area is 223 Å². The summed E-state index contributed by atoms with van der Waals surface area (Å²) in [6.45, 7) is 3.47. The van der Waals surface area contributed by atoms with E-state index in [1.807, 2.05) is 32.9 Å². The van der Waals surface area contributed by atoms with Crippen LogP contribution in [-0.4, -0.2) is 61.8 Å². The van der Waals surface area contributed by atoms with Crippen LogP contribution in [0.15, 0.2) is 0 Å². The van der Waals surface area contributed by atoms with Gasteiger partial charge in [0.25, 0.3) is 0 Å². The van der Waals surface area contributed by atoms with Crippen LogP contribution in [0.2, 0.25) is 0 Å². The van der Waals surface area contributed by atoms with Crippen molar-refractivity contribution in [2.24, 2.45) is 0 Å². The molecule has 0 amide bonds. The van der Waals surface area contributed by atoms with E-state index < -0.39 is 7.82 Å². The standard InChI is InChI=1S/C28H60NO4PS/c1-5-6-7-8-9-10-11-12-13-14-15-16-17-18-19-20-21-22-27-35-28-23-25-32-34(30,31)33-26-24-29(2,3)4/h5-28H2,1-4H3/p+1. The molecule has 0 rings (SSSR count). The maximum atomic E-state index is 11.8. The number of hydrogen-bond donors (Lipinski definition) is 1. The predicted octanol–water partition coefficient (Wildman–Crippen LogP) is 8.99. The normalized spacial score (nSPS) is 13.9. The SMILES string of the molecule is CCCCCCCCCCCCCCCCCCCCSCCCOP(=O)(O)OCC[N+](C)(C)C. The molecule has 0 aliphatic heterocycles. The third kappa shape index (κ3) is 30.5. The van der Waals surface area contributed by atoms with E-state index >= 15 is 0 Å². The molecule has 1 atom stereocenters. The molecule has 0 aromatic heterocycles. The van der Waals surface area contributed by atoms with Crippen molar-refractivity contribution < 1.29 is 23.0 Å². The first-order chi connectivity index (χ1) is 16.8. The summed E-state index contributed by atoms with van der Waals surface area (Å²) < 4.78 is 22.6. The molecule has 1 N–H and O–H groups in total. The highest BCUT2D eigenvalue weighted by atomic mass is 32.2. The largest absolute Gasteiger partial charge is 0.472 e. The van der Waals surface area contributed by atoms with Gasteiger partial charge in [-0.25, -0.2) is 4.57 Å². The lowest BCUT2D eigenvalue weighted by Crippen LogP contribution is -2.37. The first kappa shape index (κ1) is 35.4. The number of phosphoric acid groups is 1. The number of thioether (sulfide) groups is 1. The van der Waals surface area contributed by atoms with E-state index in [1.54, 1.807) is 0 Å². The number of rotatable bonds is 28. The topological polar surface area (TPSA) is 55.8 Å². The summed E-state index contributed by atoms with van der Waals surface area (Å²) in [6, 6.07) is 0. The Kier molecular flexibility index (Phi) is 25.0. The molecule has 0 radical (unpaired) electrons. The van der Waals surface area contributed by atoms with Crippen molar-refractivity contribution >= 4 is 19.6 Å². The fraction of sp³-hybridized carbons (Fsp3) is 1.00. The second kappa shape index (κ2) is 24.7. The molecule has 7 heteroatoms. The average Bonchev–Trinajstić information content (AvgIpc) is 2.78. The van der Waals surface area contributed by atoms with Gasteiger partial charge in [-0.15, -0.1) is 0 Å². The summed E-state index contributed by atoms with van der Waals surface area (Å²) in [7, 11) is 2.16. The van der Waals surface area contributed by atoms with Crippen molar-refractivity contribution in [3.8, 4) is 0 Å². The van der Waals surface area contributed by atoms with Crippen LogP contribution in [0.3, 0.4) is 0 Å². The first-order valence-corrected chi connectivity index (χ1v) is 17.4. The molecular formula is C28H61NO4PS+. The zero-order valence-corrected chi connectivity index (χ0v) is 25.7. The monoisotopic (exact) mass is 538 g/mol. The summed E-state index contributed by atoms with van der Waals surface area (Å²) in [5.41, 5.74) is 0. The molecule has 0 heterocycles. The van der Waals surface area contributed by atoms with Gasteiger partial charge in [0, 0.05) is 0 Å². The van der Waals surface area contributed by atoms with E-state index in [9.17, 15) is 9.46 Å². The molecule has 0 saturated heterocycles. The van der Waals surface area contributed by atoms with Gasteiger partial charge in [-0.1, -0.05) is 116 Å². The van der Waals surface area contributed by atoms with Crippen LogP contribution in [0, 0.1) is 0 Å². The van der Waals surface area contributed by atoms with Gasteiger partial charge < -0.3 is 9.38 Å². The lowest BCUT2D eigenvalue weighted by atomic mass is 10.0. The molecule has 1 unspecified atom stereocenters. The Morgan fingerprint density at radius 1 is 0.600 bits per heavy atom. The Morgan fingerprint density at radius 3 is 1.40 bits per heavy atom. The number of likely N-dealkylation sites (N-methyl/N-ethyl adjacent to an activating group) is 1. The summed E-state index contributed by atoms with van der Waals surface area (Å²) in [6.07, 6.45) is 26.2. The molecular weight excluding hydrogens is 477 g/mol. The van der Waals surface area contributed by atoms with Gasteiger partial charge in [-0.05, 0) is 24.3 Å². The average molecular weight is 539 g/mol. The number of nitrogens with zero attached hydrogens (tertiary/aromatic N) is 1. The molecule has 5 nitrogen and oxygen atoms in total. The van der Waals surface area contributed by atoms with Crippen molar-refractivity contribution in [3.05, 3.63) is 0 Å². The van der Waals surface area contributed by atoms with Gasteiger partial charge in [0.15, 0.2) is 0 Å². The number of hydrogen-bond acceptors (Lipinski definition) is 4. The van der Waals surface area contributed by atoms with Crippen LogP contribution in [0.25, 0.3) is 0 Å². The van der Waals surface area contributed by atoms with Gasteiger partial charge in [-0.3, -0.25) is 9.05 Å². The molecule has 0 fully saturated rings. The van der Waals surface area contributed by atoms with Crippen molar-refractivity contribution in [2.45, 2.75) is 129 Å². The molecule has 0 aromatic carbocycles. The van der Waals surface area contributed by atoms with E-state index in [0.29, 0.717) is 11.0 Å². The molecule has 0 saturated carbocycles. The van der Waals surface area contributed by atoms with Crippen LogP contribution >= 0.6 is 19.6 Å². The van der Waals surface area contributed by atoms with Gasteiger partial charge >= 0.3 is 7.82 Å². The minimum absolute atomic E-state index is 0.228. The van der Waals surface area contributed by atoms with Crippen LogP contribution in [-0.2, 0) is 13.6 Å². The maximum absolute atomic E-state index is 11.8. The molecule has 0 aliphatic carbocycles. The Balaban J connectivity index is 3.21. The van der Waals surface area contributed by atoms with Crippen molar-refractivity contribution in [1.29, 1.82) is 0 Å². The Hall–Kier alpha value is 0.420. The summed E-state index contributed by atoms with van der Waals surface area (Å²) in [5, 5.41) is 0. The van der Waals surface area contributed by atoms with Crippen LogP contribution < -0.4 is 0 Å². The van der Waals surface area contributed by atoms with E-state index in [0.717, 1.165) is 12.2 Å². The predicted molar refractivity (Wildman–Crippen MR) is 155 cm³/mol. The van der Waals surface area contributed by atoms with E-state index in [1.165, 1.54) is 121 Å². The van der Waals surface area contributed by atoms with Gasteiger partial charge in [0.05, 0.1) is 27.7 Å². The van der Waals surface area contributed by atoms with Gasteiger partial charge in [0.1, 0.15) is 13.2 Å². The van der Waals surface area contributed by atoms with E-state index in [2.05, 4.69) is 6.92 Å². The van der Waals surface area contributed by atoms with Gasteiger partial charge in [-0.2, -0.15) is 11.8 Å². The highest BCUT2D eigenvalue weighted by Gasteiger charge is 2.21. The second-order valence-electron chi connectivity index (χ2n) is 11.1. The third-order valence-electron chi connectivity index (χ3n) is 6.35. The fourth-order valence-electron chi connectivity index (χ4n) is 4.02. The highest BCUT2D eigenvalue weighted by molar-refractivity contribution is 7.99. The molecule has 0 aromatic rings. The fourth-order valence-corrected chi connectivity index (χ4v) is 5.70. The second-order valence-corrected chi connectivity index (χ2v) is 13.8. The maximum Gasteiger partial charge on any atom is 0.472 e. The molecule has 35 heavy (non-hydrogen) atoms.